The van der Waals surface area contributed by atoms with Crippen LogP contribution >= 0.6 is 0 Å². The fraction of sp³-hybridized carbons (Fsp3) is 0.846. The van der Waals surface area contributed by atoms with Gasteiger partial charge < -0.3 is 9.84 Å². The van der Waals surface area contributed by atoms with Crippen molar-refractivity contribution in [3.05, 3.63) is 0 Å². The van der Waals surface area contributed by atoms with E-state index < -0.39 is 5.97 Å². The number of hydrogen-bond donors (Lipinski definition) is 1. The van der Waals surface area contributed by atoms with Gasteiger partial charge in [0.2, 0.25) is 0 Å². The Labute approximate surface area is 103 Å². The molecule has 0 aliphatic rings. The van der Waals surface area contributed by atoms with E-state index in [1.165, 1.54) is 0 Å². The molecule has 0 aromatic carbocycles. The van der Waals surface area contributed by atoms with Crippen molar-refractivity contribution in [2.45, 2.75) is 52.9 Å². The first-order chi connectivity index (χ1) is 7.93. The van der Waals surface area contributed by atoms with Crippen molar-refractivity contribution >= 4 is 11.9 Å². The van der Waals surface area contributed by atoms with Gasteiger partial charge in [0.1, 0.15) is 0 Å². The maximum Gasteiger partial charge on any atom is 0.306 e. The Bertz CT molecular complexity index is 236. The number of esters is 1. The highest BCUT2D eigenvalue weighted by molar-refractivity contribution is 5.70. The number of ether oxygens (including phenoxy) is 1. The summed E-state index contributed by atoms with van der Waals surface area (Å²) in [6.07, 6.45) is 3.37. The van der Waals surface area contributed by atoms with Gasteiger partial charge in [-0.15, -0.1) is 0 Å². The molecule has 4 nitrogen and oxygen atoms in total. The highest BCUT2D eigenvalue weighted by Gasteiger charge is 2.10. The lowest BCUT2D eigenvalue weighted by Gasteiger charge is -2.07. The predicted molar refractivity (Wildman–Crippen MR) is 65.7 cm³/mol. The predicted octanol–water partition coefficient (Wildman–Crippen LogP) is 2.86. The maximum absolute atomic E-state index is 11.3. The van der Waals surface area contributed by atoms with Crippen LogP contribution in [0.3, 0.4) is 0 Å². The second-order valence-electron chi connectivity index (χ2n) is 4.89. The van der Waals surface area contributed by atoms with Gasteiger partial charge in [-0.2, -0.15) is 0 Å². The Morgan fingerprint density at radius 1 is 1.12 bits per heavy atom. The van der Waals surface area contributed by atoms with E-state index in [2.05, 4.69) is 13.8 Å². The summed E-state index contributed by atoms with van der Waals surface area (Å²) in [7, 11) is 0. The first-order valence-electron chi connectivity index (χ1n) is 6.32. The summed E-state index contributed by atoms with van der Waals surface area (Å²) in [5, 5.41) is 8.67. The van der Waals surface area contributed by atoms with E-state index in [0.29, 0.717) is 31.8 Å². The summed E-state index contributed by atoms with van der Waals surface area (Å²) in [6.45, 7) is 6.34. The topological polar surface area (TPSA) is 63.6 Å². The summed E-state index contributed by atoms with van der Waals surface area (Å²) in [5.41, 5.74) is 0. The van der Waals surface area contributed by atoms with Gasteiger partial charge in [0, 0.05) is 6.42 Å². The summed E-state index contributed by atoms with van der Waals surface area (Å²) in [4.78, 5) is 21.8. The Kier molecular flexibility index (Phi) is 8.46. The van der Waals surface area contributed by atoms with Gasteiger partial charge in [0.15, 0.2) is 0 Å². The maximum atomic E-state index is 11.3. The summed E-state index contributed by atoms with van der Waals surface area (Å²) < 4.78 is 5.05. The van der Waals surface area contributed by atoms with Crippen LogP contribution in [0.25, 0.3) is 0 Å². The van der Waals surface area contributed by atoms with Gasteiger partial charge in [-0.25, -0.2) is 0 Å². The summed E-state index contributed by atoms with van der Waals surface area (Å²) in [6, 6.07) is 0. The van der Waals surface area contributed by atoms with Gasteiger partial charge in [0.25, 0.3) is 0 Å². The fourth-order valence-electron chi connectivity index (χ4n) is 1.32. The summed E-state index contributed by atoms with van der Waals surface area (Å²) in [5.74, 6) is -0.732. The van der Waals surface area contributed by atoms with Crippen LogP contribution in [0.5, 0.6) is 0 Å². The lowest BCUT2D eigenvalue weighted by atomic mass is 10.0. The van der Waals surface area contributed by atoms with E-state index in [4.69, 9.17) is 9.84 Å². The zero-order valence-corrected chi connectivity index (χ0v) is 11.1. The number of hydrogen-bond acceptors (Lipinski definition) is 3. The quantitative estimate of drug-likeness (QED) is 0.500. The van der Waals surface area contributed by atoms with Crippen molar-refractivity contribution in [2.24, 2.45) is 11.8 Å². The lowest BCUT2D eigenvalue weighted by molar-refractivity contribution is -0.144. The second kappa shape index (κ2) is 9.02. The first kappa shape index (κ1) is 15.9. The number of carboxylic acids is 1. The lowest BCUT2D eigenvalue weighted by Crippen LogP contribution is -2.10. The molecular formula is C13H24O4. The number of unbranched alkanes of at least 4 members (excludes halogenated alkanes) is 1. The third-order valence-electron chi connectivity index (χ3n) is 2.65. The Balaban J connectivity index is 3.42. The first-order valence-corrected chi connectivity index (χ1v) is 6.32. The van der Waals surface area contributed by atoms with Crippen molar-refractivity contribution in [2.75, 3.05) is 6.61 Å². The van der Waals surface area contributed by atoms with Gasteiger partial charge in [-0.05, 0) is 25.2 Å². The van der Waals surface area contributed by atoms with Crippen LogP contribution < -0.4 is 0 Å². The second-order valence-corrected chi connectivity index (χ2v) is 4.89. The molecule has 0 fully saturated rings. The molecule has 0 amide bonds. The number of aliphatic carboxylic acids is 1. The van der Waals surface area contributed by atoms with Crippen molar-refractivity contribution in [3.8, 4) is 0 Å². The zero-order chi connectivity index (χ0) is 13.3. The highest BCUT2D eigenvalue weighted by atomic mass is 16.5. The monoisotopic (exact) mass is 244 g/mol. The molecule has 17 heavy (non-hydrogen) atoms. The molecule has 1 N–H and O–H groups in total. The minimum absolute atomic E-state index is 0.173. The normalized spacial score (nSPS) is 12.5. The van der Waals surface area contributed by atoms with Gasteiger partial charge in [-0.3, -0.25) is 9.59 Å². The van der Waals surface area contributed by atoms with E-state index in [9.17, 15) is 9.59 Å². The molecule has 0 saturated heterocycles. The Hall–Kier alpha value is -1.06. The van der Waals surface area contributed by atoms with Crippen LogP contribution in [-0.4, -0.2) is 23.7 Å². The highest BCUT2D eigenvalue weighted by Crippen LogP contribution is 2.10. The molecule has 0 saturated carbocycles. The molecule has 0 aliphatic heterocycles. The van der Waals surface area contributed by atoms with E-state index in [-0.39, 0.29) is 11.9 Å². The molecule has 0 rings (SSSR count). The number of carboxylic acid groups (broad SMARTS) is 1. The molecule has 0 aliphatic carbocycles. The SMILES string of the molecule is CC(C)CCOC(=O)CCCCC(C)C(=O)O. The van der Waals surface area contributed by atoms with E-state index in [1.54, 1.807) is 6.92 Å². The molecule has 0 spiro atoms. The third kappa shape index (κ3) is 9.85. The molecule has 1 atom stereocenters. The molecule has 0 radical (unpaired) electrons. The van der Waals surface area contributed by atoms with Gasteiger partial charge >= 0.3 is 11.9 Å². The average Bonchev–Trinajstić information content (AvgIpc) is 2.23. The molecule has 1 unspecified atom stereocenters. The molecule has 4 heteroatoms. The zero-order valence-electron chi connectivity index (χ0n) is 11.1. The average molecular weight is 244 g/mol. The standard InChI is InChI=1S/C13H24O4/c1-10(2)8-9-17-12(14)7-5-4-6-11(3)13(15)16/h10-11H,4-9H2,1-3H3,(H,15,16). The fourth-order valence-corrected chi connectivity index (χ4v) is 1.32. The largest absolute Gasteiger partial charge is 0.481 e. The van der Waals surface area contributed by atoms with Crippen LogP contribution in [0, 0.1) is 11.8 Å². The summed E-state index contributed by atoms with van der Waals surface area (Å²) >= 11 is 0. The molecule has 0 heterocycles. The van der Waals surface area contributed by atoms with Crippen LogP contribution in [0.1, 0.15) is 52.9 Å². The van der Waals surface area contributed by atoms with Crippen molar-refractivity contribution < 1.29 is 19.4 Å². The molecular weight excluding hydrogens is 220 g/mol. The molecule has 0 bridgehead atoms. The number of carbonyl (C=O) groups is 2. The minimum Gasteiger partial charge on any atom is -0.481 e. The smallest absolute Gasteiger partial charge is 0.306 e. The Morgan fingerprint density at radius 3 is 2.29 bits per heavy atom. The number of rotatable bonds is 9. The molecule has 0 aromatic rings. The minimum atomic E-state index is -0.774. The molecule has 100 valence electrons. The van der Waals surface area contributed by atoms with E-state index >= 15 is 0 Å². The van der Waals surface area contributed by atoms with Crippen LogP contribution in [-0.2, 0) is 14.3 Å². The molecule has 0 aromatic heterocycles. The van der Waals surface area contributed by atoms with Crippen molar-refractivity contribution in [3.63, 3.8) is 0 Å². The number of carbonyl (C=O) groups excluding carboxylic acids is 1. The van der Waals surface area contributed by atoms with Crippen LogP contribution in [0.4, 0.5) is 0 Å². The third-order valence-corrected chi connectivity index (χ3v) is 2.65. The van der Waals surface area contributed by atoms with Crippen molar-refractivity contribution in [1.82, 2.24) is 0 Å². The van der Waals surface area contributed by atoms with E-state index in [1.807, 2.05) is 0 Å². The van der Waals surface area contributed by atoms with Crippen molar-refractivity contribution in [1.29, 1.82) is 0 Å². The van der Waals surface area contributed by atoms with Gasteiger partial charge in [-0.1, -0.05) is 27.2 Å². The Morgan fingerprint density at radius 2 is 1.76 bits per heavy atom. The van der Waals surface area contributed by atoms with Gasteiger partial charge in [0.05, 0.1) is 12.5 Å². The van der Waals surface area contributed by atoms with Crippen LogP contribution in [0.15, 0.2) is 0 Å². The van der Waals surface area contributed by atoms with E-state index in [0.717, 1.165) is 12.8 Å². The van der Waals surface area contributed by atoms with Crippen LogP contribution in [0.2, 0.25) is 0 Å².